The van der Waals surface area contributed by atoms with Crippen LogP contribution in [0.15, 0.2) is 18.2 Å². The minimum Gasteiger partial charge on any atom is -0.423 e. The molecule has 0 spiro atoms. The van der Waals surface area contributed by atoms with Crippen LogP contribution in [-0.2, 0) is 9.59 Å². The molecule has 0 fully saturated rings. The number of rotatable bonds is 5. The van der Waals surface area contributed by atoms with E-state index in [1.807, 2.05) is 19.1 Å². The highest BCUT2D eigenvalue weighted by atomic mass is 16.5. The number of aliphatic hydroxyl groups is 1. The summed E-state index contributed by atoms with van der Waals surface area (Å²) in [5.41, 5.74) is 1.79. The summed E-state index contributed by atoms with van der Waals surface area (Å²) >= 11 is 0. The zero-order valence-corrected chi connectivity index (χ0v) is 11.4. The summed E-state index contributed by atoms with van der Waals surface area (Å²) in [6.07, 6.45) is 0.517. The first-order valence-corrected chi connectivity index (χ1v) is 6.54. The molecule has 2 rings (SSSR count). The Morgan fingerprint density at radius 1 is 1.50 bits per heavy atom. The summed E-state index contributed by atoms with van der Waals surface area (Å²) in [5, 5.41) is 11.4. The van der Waals surface area contributed by atoms with Crippen LogP contribution >= 0.6 is 0 Å². The van der Waals surface area contributed by atoms with Gasteiger partial charge >= 0.3 is 5.97 Å². The number of carbonyl (C=O) groups excluding carboxylic acids is 2. The van der Waals surface area contributed by atoms with Gasteiger partial charge < -0.3 is 20.1 Å². The highest BCUT2D eigenvalue weighted by Crippen LogP contribution is 2.32. The molecule has 0 aliphatic carbocycles. The number of nitrogens with one attached hydrogen (secondary N) is 1. The fourth-order valence-corrected chi connectivity index (χ4v) is 2.03. The zero-order chi connectivity index (χ0) is 14.5. The molecule has 0 unspecified atom stereocenters. The van der Waals surface area contributed by atoms with Gasteiger partial charge in [-0.05, 0) is 31.0 Å². The van der Waals surface area contributed by atoms with E-state index in [2.05, 4.69) is 5.32 Å². The molecule has 0 atom stereocenters. The van der Waals surface area contributed by atoms with Gasteiger partial charge in [0.1, 0.15) is 6.54 Å². The van der Waals surface area contributed by atoms with Crippen LogP contribution in [0, 0.1) is 6.92 Å². The van der Waals surface area contributed by atoms with Gasteiger partial charge in [-0.3, -0.25) is 4.79 Å². The molecule has 0 saturated heterocycles. The Balaban J connectivity index is 2.07. The molecular weight excluding hydrogens is 260 g/mol. The average molecular weight is 278 g/mol. The number of nitrogens with zero attached hydrogens (tertiary/aromatic N) is 1. The van der Waals surface area contributed by atoms with E-state index in [0.29, 0.717) is 18.7 Å². The van der Waals surface area contributed by atoms with Crippen LogP contribution in [0.3, 0.4) is 0 Å². The topological polar surface area (TPSA) is 78.9 Å². The number of aryl methyl sites for hydroxylation is 1. The Kier molecular flexibility index (Phi) is 4.57. The van der Waals surface area contributed by atoms with Gasteiger partial charge in [-0.1, -0.05) is 6.07 Å². The van der Waals surface area contributed by atoms with E-state index in [9.17, 15) is 9.59 Å². The lowest BCUT2D eigenvalue weighted by atomic mass is 10.1. The van der Waals surface area contributed by atoms with Crippen LogP contribution in [0.5, 0.6) is 5.75 Å². The zero-order valence-electron chi connectivity index (χ0n) is 11.4. The molecule has 0 saturated carbocycles. The number of anilines is 1. The third-order valence-corrected chi connectivity index (χ3v) is 2.99. The lowest BCUT2D eigenvalue weighted by molar-refractivity contribution is -0.133. The van der Waals surface area contributed by atoms with E-state index in [0.717, 1.165) is 11.3 Å². The van der Waals surface area contributed by atoms with Gasteiger partial charge in [-0.25, -0.2) is 4.79 Å². The van der Waals surface area contributed by atoms with Gasteiger partial charge in [0.2, 0.25) is 5.91 Å². The molecule has 0 aromatic heterocycles. The summed E-state index contributed by atoms with van der Waals surface area (Å²) < 4.78 is 5.15. The van der Waals surface area contributed by atoms with Gasteiger partial charge in [0, 0.05) is 13.2 Å². The van der Waals surface area contributed by atoms with Gasteiger partial charge in [0.15, 0.2) is 5.75 Å². The number of esters is 1. The summed E-state index contributed by atoms with van der Waals surface area (Å²) in [4.78, 5) is 25.0. The third kappa shape index (κ3) is 3.48. The van der Waals surface area contributed by atoms with Crippen LogP contribution in [0.1, 0.15) is 12.0 Å². The molecule has 1 heterocycles. The monoisotopic (exact) mass is 278 g/mol. The Bertz CT molecular complexity index is 516. The average Bonchev–Trinajstić information content (AvgIpc) is 2.40. The van der Waals surface area contributed by atoms with Crippen molar-refractivity contribution < 1.29 is 19.4 Å². The number of aliphatic hydroxyl groups excluding tert-OH is 1. The van der Waals surface area contributed by atoms with Crippen LogP contribution in [0.25, 0.3) is 0 Å². The van der Waals surface area contributed by atoms with Crippen molar-refractivity contribution in [2.45, 2.75) is 13.3 Å². The molecule has 20 heavy (non-hydrogen) atoms. The maximum Gasteiger partial charge on any atom is 0.331 e. The Labute approximate surface area is 117 Å². The minimum atomic E-state index is -0.371. The maximum atomic E-state index is 11.8. The second-order valence-electron chi connectivity index (χ2n) is 4.73. The van der Waals surface area contributed by atoms with Crippen molar-refractivity contribution in [2.24, 2.45) is 0 Å². The number of hydrogen-bond donors (Lipinski definition) is 2. The second-order valence-corrected chi connectivity index (χ2v) is 4.73. The van der Waals surface area contributed by atoms with E-state index in [4.69, 9.17) is 9.84 Å². The SMILES string of the molecule is Cc1ccc2c(c1)N(CC(=O)NCCCO)CC(=O)O2. The summed E-state index contributed by atoms with van der Waals surface area (Å²) in [6.45, 7) is 2.56. The molecular formula is C14H18N2O4. The number of hydrogen-bond acceptors (Lipinski definition) is 5. The van der Waals surface area contributed by atoms with Crippen molar-refractivity contribution >= 4 is 17.6 Å². The van der Waals surface area contributed by atoms with E-state index < -0.39 is 0 Å². The first kappa shape index (κ1) is 14.3. The second kappa shape index (κ2) is 6.38. The highest BCUT2D eigenvalue weighted by molar-refractivity contribution is 5.89. The van der Waals surface area contributed by atoms with Gasteiger partial charge in [0.25, 0.3) is 0 Å². The van der Waals surface area contributed by atoms with Gasteiger partial charge in [0.05, 0.1) is 12.2 Å². The molecule has 0 bridgehead atoms. The number of amides is 1. The van der Waals surface area contributed by atoms with Crippen molar-refractivity contribution in [3.63, 3.8) is 0 Å². The Morgan fingerprint density at radius 3 is 3.05 bits per heavy atom. The van der Waals surface area contributed by atoms with E-state index >= 15 is 0 Å². The van der Waals surface area contributed by atoms with Crippen LogP contribution in [0.2, 0.25) is 0 Å². The molecule has 1 aliphatic rings. The fourth-order valence-electron chi connectivity index (χ4n) is 2.03. The molecule has 6 heteroatoms. The van der Waals surface area contributed by atoms with Crippen molar-refractivity contribution in [3.8, 4) is 5.75 Å². The normalized spacial score (nSPS) is 13.7. The lowest BCUT2D eigenvalue weighted by Gasteiger charge is -2.29. The quantitative estimate of drug-likeness (QED) is 0.457. The van der Waals surface area contributed by atoms with Gasteiger partial charge in [-0.15, -0.1) is 0 Å². The number of ether oxygens (including phenoxy) is 1. The predicted octanol–water partition coefficient (Wildman–Crippen LogP) is 0.219. The van der Waals surface area contributed by atoms with Crippen LogP contribution < -0.4 is 15.0 Å². The predicted molar refractivity (Wildman–Crippen MR) is 73.7 cm³/mol. The van der Waals surface area contributed by atoms with E-state index in [-0.39, 0.29) is 31.6 Å². The van der Waals surface area contributed by atoms with Crippen LogP contribution in [-0.4, -0.2) is 43.2 Å². The fraction of sp³-hybridized carbons (Fsp3) is 0.429. The van der Waals surface area contributed by atoms with Crippen LogP contribution in [0.4, 0.5) is 5.69 Å². The standard InChI is InChI=1S/C14H18N2O4/c1-10-3-4-12-11(7-10)16(9-14(19)20-12)8-13(18)15-5-2-6-17/h3-4,7,17H,2,5-6,8-9H2,1H3,(H,15,18). The van der Waals surface area contributed by atoms with Gasteiger partial charge in [-0.2, -0.15) is 0 Å². The van der Waals surface area contributed by atoms with E-state index in [1.54, 1.807) is 11.0 Å². The molecule has 2 N–H and O–H groups in total. The summed E-state index contributed by atoms with van der Waals surface area (Å²) in [7, 11) is 0. The lowest BCUT2D eigenvalue weighted by Crippen LogP contribution is -2.43. The molecule has 1 aromatic carbocycles. The van der Waals surface area contributed by atoms with Crippen molar-refractivity contribution in [3.05, 3.63) is 23.8 Å². The number of benzene rings is 1. The van der Waals surface area contributed by atoms with E-state index in [1.165, 1.54) is 0 Å². The number of carbonyl (C=O) groups is 2. The summed E-state index contributed by atoms with van der Waals surface area (Å²) in [5.74, 6) is -0.0693. The smallest absolute Gasteiger partial charge is 0.331 e. The molecule has 1 amide bonds. The molecule has 108 valence electrons. The molecule has 6 nitrogen and oxygen atoms in total. The molecule has 1 aromatic rings. The van der Waals surface area contributed by atoms with Crippen molar-refractivity contribution in [1.82, 2.24) is 5.32 Å². The first-order valence-electron chi connectivity index (χ1n) is 6.54. The largest absolute Gasteiger partial charge is 0.423 e. The summed E-state index contributed by atoms with van der Waals surface area (Å²) in [6, 6.07) is 5.48. The Hall–Kier alpha value is -2.08. The minimum absolute atomic E-state index is 0.0400. The molecule has 1 aliphatic heterocycles. The number of fused-ring (bicyclic) bond motifs is 1. The highest BCUT2D eigenvalue weighted by Gasteiger charge is 2.25. The van der Waals surface area contributed by atoms with Crippen molar-refractivity contribution in [2.75, 3.05) is 31.1 Å². The Morgan fingerprint density at radius 2 is 2.30 bits per heavy atom. The third-order valence-electron chi connectivity index (χ3n) is 2.99. The first-order chi connectivity index (χ1) is 9.60. The molecule has 0 radical (unpaired) electrons. The maximum absolute atomic E-state index is 11.8. The van der Waals surface area contributed by atoms with Crippen molar-refractivity contribution in [1.29, 1.82) is 0 Å².